The van der Waals surface area contributed by atoms with Crippen LogP contribution in [0.3, 0.4) is 0 Å². The van der Waals surface area contributed by atoms with Crippen LogP contribution < -0.4 is 9.64 Å². The van der Waals surface area contributed by atoms with Crippen LogP contribution in [0.2, 0.25) is 0 Å². The average Bonchev–Trinajstić information content (AvgIpc) is 3.88. The number of nitrogens with zero attached hydrogens (tertiary/aromatic N) is 4. The van der Waals surface area contributed by atoms with Crippen molar-refractivity contribution in [2.45, 2.75) is 122 Å². The third kappa shape index (κ3) is 6.66. The van der Waals surface area contributed by atoms with Gasteiger partial charge in [0.25, 0.3) is 9.84 Å². The largest absolute Gasteiger partial charge is 0.451 e. The Kier molecular flexibility index (Phi) is 10.7. The Morgan fingerprint density at radius 2 is 1.68 bits per heavy atom. The summed E-state index contributed by atoms with van der Waals surface area (Å²) in [6, 6.07) is 8.64. The third-order valence-corrected chi connectivity index (χ3v) is 18.3. The van der Waals surface area contributed by atoms with E-state index in [9.17, 15) is 28.5 Å². The molecule has 63 heavy (non-hydrogen) atoms. The molecule has 0 spiro atoms. The minimum atomic E-state index is -4.31. The zero-order valence-corrected chi connectivity index (χ0v) is 37.9. The van der Waals surface area contributed by atoms with Gasteiger partial charge in [0.05, 0.1) is 21.0 Å². The molecule has 0 unspecified atom stereocenters. The van der Waals surface area contributed by atoms with Crippen molar-refractivity contribution in [1.29, 1.82) is 5.26 Å². The summed E-state index contributed by atoms with van der Waals surface area (Å²) < 4.78 is 41.5. The molecule has 3 saturated carbocycles. The summed E-state index contributed by atoms with van der Waals surface area (Å²) in [5, 5.41) is 24.9. The van der Waals surface area contributed by atoms with Gasteiger partial charge >= 0.3 is 16.9 Å². The summed E-state index contributed by atoms with van der Waals surface area (Å²) in [6.45, 7) is 14.6. The number of hydrogen-bond acceptors (Lipinski definition) is 12. The maximum atomic E-state index is 15.3. The highest BCUT2D eigenvalue weighted by molar-refractivity contribution is 7.91. The lowest BCUT2D eigenvalue weighted by Gasteiger charge is -2.69. The van der Waals surface area contributed by atoms with Crippen LogP contribution in [-0.4, -0.2) is 67.7 Å². The lowest BCUT2D eigenvalue weighted by Crippen LogP contribution is -2.67. The van der Waals surface area contributed by atoms with Gasteiger partial charge in [-0.05, 0) is 109 Å². The third-order valence-electron chi connectivity index (χ3n) is 16.6. The molecule has 1 aromatic heterocycles. The number of rotatable bonds is 7. The number of carbonyl (C=O) groups excluding carboxylic acids is 4. The number of likely N-dealkylation sites (tertiary alicyclic amines) is 1. The molecule has 2 heterocycles. The molecule has 8 rings (SSSR count). The maximum Gasteiger partial charge on any atom is 0.415 e. The molecule has 4 fully saturated rings. The van der Waals surface area contributed by atoms with E-state index in [1.165, 1.54) is 24.3 Å². The normalized spacial score (nSPS) is 34.0. The van der Waals surface area contributed by atoms with E-state index in [1.54, 1.807) is 11.0 Å². The molecule has 14 nitrogen and oxygen atoms in total. The van der Waals surface area contributed by atoms with E-state index in [1.807, 2.05) is 26.0 Å². The van der Waals surface area contributed by atoms with Gasteiger partial charge in [-0.25, -0.2) is 13.2 Å². The van der Waals surface area contributed by atoms with E-state index < -0.39 is 65.7 Å². The number of ketones is 2. The summed E-state index contributed by atoms with van der Waals surface area (Å²) in [5.41, 5.74) is -2.16. The number of Topliss-reactive ketones (excluding diaryl/α,β-unsaturated/α-hetero) is 1. The van der Waals surface area contributed by atoms with Crippen molar-refractivity contribution in [3.63, 3.8) is 0 Å². The zero-order valence-electron chi connectivity index (χ0n) is 37.1. The first kappa shape index (κ1) is 44.3. The van der Waals surface area contributed by atoms with Crippen molar-refractivity contribution in [1.82, 2.24) is 10.1 Å². The lowest BCUT2D eigenvalue weighted by atomic mass is 9.34. The average molecular weight is 881 g/mol. The van der Waals surface area contributed by atoms with Gasteiger partial charge in [-0.2, -0.15) is 5.26 Å². The molecular formula is C48H56N4O10S. The number of carbonyl (C=O) groups is 4. The Bertz CT molecular complexity index is 2560. The molecule has 6 aliphatic rings. The lowest BCUT2D eigenvalue weighted by molar-refractivity contribution is -0.832. The van der Waals surface area contributed by atoms with Crippen molar-refractivity contribution in [3.8, 4) is 23.8 Å². The first-order valence-corrected chi connectivity index (χ1v) is 23.5. The number of ether oxygens (including phenoxy) is 2. The van der Waals surface area contributed by atoms with Crippen LogP contribution in [0.25, 0.3) is 0 Å². The Labute approximate surface area is 368 Å². The molecule has 1 saturated heterocycles. The number of fused-ring (bicyclic) bond motifs is 7. The van der Waals surface area contributed by atoms with Gasteiger partial charge in [-0.1, -0.05) is 90.2 Å². The van der Waals surface area contributed by atoms with E-state index in [0.717, 1.165) is 24.8 Å². The minimum absolute atomic E-state index is 0.0118. The second-order valence-electron chi connectivity index (χ2n) is 20.7. The van der Waals surface area contributed by atoms with E-state index in [-0.39, 0.29) is 63.3 Å². The fraction of sp³-hybridized carbons (Fsp3) is 0.604. The maximum absolute atomic E-state index is 15.3. The standard InChI is InChI=1S/C48H56N4O10S/c1-43(2)19-21-48(22-20-47(7)37(32(48)28-43)34(53)26-36-45(5)27-30(29-49)38(54)44(3,4)35(45)17-18-46(36,47)6)42(56)51-23-13-16-33(51)41(55)61-25-12-11-24-60-39-40(52(57)62-50-39)63(58,59)31-14-9-8-10-15-31/h8-10,14-15,26-27,32-33,35,37H,13,16-25,28H2,1-7H3/t32-,33-,35-,37-,45-,46+,47+,48-/m0/s1. The second-order valence-corrected chi connectivity index (χ2v) is 22.5. The van der Waals surface area contributed by atoms with E-state index in [0.29, 0.717) is 45.1 Å². The van der Waals surface area contributed by atoms with Gasteiger partial charge in [-0.3, -0.25) is 19.0 Å². The minimum Gasteiger partial charge on any atom is -0.451 e. The quantitative estimate of drug-likeness (QED) is 0.172. The highest BCUT2D eigenvalue weighted by Gasteiger charge is 2.71. The summed E-state index contributed by atoms with van der Waals surface area (Å²) in [4.78, 5) is 58.8. The number of amides is 1. The van der Waals surface area contributed by atoms with Crippen LogP contribution >= 0.6 is 0 Å². The van der Waals surface area contributed by atoms with Gasteiger partial charge in [-0.15, -0.1) is 0 Å². The van der Waals surface area contributed by atoms with Crippen LogP contribution in [0.15, 0.2) is 68.2 Å². The molecule has 8 atom stereocenters. The Balaban J connectivity index is 1.00. The summed E-state index contributed by atoms with van der Waals surface area (Å²) in [5.74, 6) is 3.17. The number of nitriles is 1. The molecule has 1 amide bonds. The van der Waals surface area contributed by atoms with Crippen LogP contribution in [0.1, 0.15) is 106 Å². The fourth-order valence-corrected chi connectivity index (χ4v) is 14.5. The molecule has 2 aromatic rings. The monoisotopic (exact) mass is 880 g/mol. The first-order valence-electron chi connectivity index (χ1n) is 22.0. The predicted octanol–water partition coefficient (Wildman–Crippen LogP) is 6.28. The highest BCUT2D eigenvalue weighted by atomic mass is 32.2. The molecule has 15 heteroatoms. The van der Waals surface area contributed by atoms with E-state index in [2.05, 4.69) is 62.3 Å². The number of benzene rings is 1. The van der Waals surface area contributed by atoms with Crippen molar-refractivity contribution >= 4 is 33.3 Å². The molecule has 1 aromatic carbocycles. The molecule has 0 bridgehead atoms. The van der Waals surface area contributed by atoms with Gasteiger partial charge in [0.2, 0.25) is 5.91 Å². The molecular weight excluding hydrogens is 825 g/mol. The van der Waals surface area contributed by atoms with Crippen molar-refractivity contribution in [2.24, 2.45) is 50.2 Å². The van der Waals surface area contributed by atoms with Crippen molar-refractivity contribution in [2.75, 3.05) is 19.8 Å². The van der Waals surface area contributed by atoms with Crippen molar-refractivity contribution in [3.05, 3.63) is 58.8 Å². The van der Waals surface area contributed by atoms with Gasteiger partial charge in [0, 0.05) is 23.3 Å². The van der Waals surface area contributed by atoms with Crippen molar-refractivity contribution < 1.29 is 46.6 Å². The Morgan fingerprint density at radius 3 is 2.40 bits per heavy atom. The predicted molar refractivity (Wildman–Crippen MR) is 225 cm³/mol. The van der Waals surface area contributed by atoms with Crippen LogP contribution in [-0.2, 0) is 33.8 Å². The number of sulfone groups is 1. The molecule has 1 aliphatic heterocycles. The molecule has 334 valence electrons. The van der Waals surface area contributed by atoms with Crippen LogP contribution in [0, 0.1) is 78.6 Å². The summed E-state index contributed by atoms with van der Waals surface area (Å²) in [6.07, 6.45) is 9.61. The number of hydrogen-bond donors (Lipinski definition) is 0. The van der Waals surface area contributed by atoms with Gasteiger partial charge < -0.3 is 19.6 Å². The van der Waals surface area contributed by atoms with Crippen LogP contribution in [0.4, 0.5) is 0 Å². The van der Waals surface area contributed by atoms with Gasteiger partial charge in [0.15, 0.2) is 24.8 Å². The zero-order chi connectivity index (χ0) is 45.5. The fourth-order valence-electron chi connectivity index (χ4n) is 13.2. The Morgan fingerprint density at radius 1 is 0.984 bits per heavy atom. The van der Waals surface area contributed by atoms with Crippen LogP contribution in [0.5, 0.6) is 5.88 Å². The highest BCUT2D eigenvalue weighted by Crippen LogP contribution is 2.74. The topological polar surface area (TPSA) is 201 Å². The number of esters is 1. The second kappa shape index (κ2) is 15.2. The Hall–Kier alpha value is -5.28. The summed E-state index contributed by atoms with van der Waals surface area (Å²) >= 11 is 0. The summed E-state index contributed by atoms with van der Waals surface area (Å²) in [7, 11) is -4.31. The first-order chi connectivity index (χ1) is 29.6. The SMILES string of the molecule is CC1(C)CC[C@]2(C(=O)N3CCC[C@H]3C(=O)OCC#CCOc3no[n+]([O-])c3S(=O)(=O)c3ccccc3)CC[C@]3(C)[C@H](C(=O)C=C4[C@@]5(C)C=C(C#N)C(=O)C(C)(C)[C@@H]5CC[C@]43C)[C@@H]2C1. The smallest absolute Gasteiger partial charge is 0.415 e. The van der Waals surface area contributed by atoms with E-state index in [4.69, 9.17) is 9.47 Å². The molecule has 5 aliphatic carbocycles. The molecule has 0 radical (unpaired) electrons. The molecule has 0 N–H and O–H groups in total. The van der Waals surface area contributed by atoms with E-state index >= 15 is 9.59 Å². The number of aromatic nitrogens is 2. The van der Waals surface area contributed by atoms with Gasteiger partial charge in [0.1, 0.15) is 12.1 Å². The number of allylic oxidation sites excluding steroid dienone is 4.